The highest BCUT2D eigenvalue weighted by molar-refractivity contribution is 7.99. The minimum Gasteiger partial charge on any atom is -0.323 e. The van der Waals surface area contributed by atoms with Crippen LogP contribution in [0.3, 0.4) is 0 Å². The molecule has 0 bridgehead atoms. The Morgan fingerprint density at radius 1 is 1.43 bits per heavy atom. The second-order valence-corrected chi connectivity index (χ2v) is 6.03. The Kier molecular flexibility index (Phi) is 4.99. The van der Waals surface area contributed by atoms with Gasteiger partial charge in [-0.25, -0.2) is 0 Å². The van der Waals surface area contributed by atoms with Crippen LogP contribution in [-0.4, -0.2) is 11.5 Å². The predicted molar refractivity (Wildman–Crippen MR) is 68.1 cm³/mol. The van der Waals surface area contributed by atoms with Gasteiger partial charge in [0.2, 0.25) is 0 Å². The standard InChI is InChI=1S/C11H19NS2/c1-8(2)6-13-7-10(12)11-9(3)4-5-14-11/h4-5,8,10H,6-7,12H2,1-3H3. The lowest BCUT2D eigenvalue weighted by atomic mass is 10.2. The molecule has 0 aliphatic carbocycles. The molecule has 0 aromatic carbocycles. The number of hydrogen-bond acceptors (Lipinski definition) is 3. The van der Waals surface area contributed by atoms with E-state index in [-0.39, 0.29) is 6.04 Å². The van der Waals surface area contributed by atoms with Crippen molar-refractivity contribution in [3.63, 3.8) is 0 Å². The summed E-state index contributed by atoms with van der Waals surface area (Å²) in [5.41, 5.74) is 7.46. The summed E-state index contributed by atoms with van der Waals surface area (Å²) in [5.74, 6) is 3.01. The molecule has 2 N–H and O–H groups in total. The molecule has 0 aliphatic rings. The topological polar surface area (TPSA) is 26.0 Å². The Hall–Kier alpha value is 0.01000. The van der Waals surface area contributed by atoms with E-state index in [9.17, 15) is 0 Å². The molecule has 1 unspecified atom stereocenters. The van der Waals surface area contributed by atoms with Crippen LogP contribution in [0.2, 0.25) is 0 Å². The summed E-state index contributed by atoms with van der Waals surface area (Å²) in [6.45, 7) is 6.63. The van der Waals surface area contributed by atoms with E-state index in [2.05, 4.69) is 32.2 Å². The molecule has 1 heterocycles. The third-order valence-corrected chi connectivity index (χ3v) is 4.64. The average molecular weight is 229 g/mol. The molecule has 0 radical (unpaired) electrons. The largest absolute Gasteiger partial charge is 0.323 e. The fourth-order valence-electron chi connectivity index (χ4n) is 1.27. The molecule has 0 aliphatic heterocycles. The van der Waals surface area contributed by atoms with Gasteiger partial charge in [-0.15, -0.1) is 11.3 Å². The van der Waals surface area contributed by atoms with E-state index >= 15 is 0 Å². The molecule has 0 saturated carbocycles. The van der Waals surface area contributed by atoms with Crippen LogP contribution in [-0.2, 0) is 0 Å². The van der Waals surface area contributed by atoms with Crippen LogP contribution < -0.4 is 5.73 Å². The maximum Gasteiger partial charge on any atom is 0.0484 e. The normalized spacial score (nSPS) is 13.5. The van der Waals surface area contributed by atoms with Crippen LogP contribution in [0.5, 0.6) is 0 Å². The monoisotopic (exact) mass is 229 g/mol. The number of rotatable bonds is 5. The van der Waals surface area contributed by atoms with E-state index in [1.165, 1.54) is 16.2 Å². The highest BCUT2D eigenvalue weighted by Gasteiger charge is 2.10. The first-order valence-corrected chi connectivity index (χ1v) is 7.02. The second-order valence-electron chi connectivity index (χ2n) is 4.01. The molecule has 1 rings (SSSR count). The van der Waals surface area contributed by atoms with Gasteiger partial charge in [-0.05, 0) is 35.6 Å². The number of nitrogens with two attached hydrogens (primary N) is 1. The Bertz CT molecular complexity index is 268. The van der Waals surface area contributed by atoms with Crippen molar-refractivity contribution in [3.05, 3.63) is 21.9 Å². The van der Waals surface area contributed by atoms with Crippen LogP contribution in [0.1, 0.15) is 30.3 Å². The maximum atomic E-state index is 6.12. The van der Waals surface area contributed by atoms with Crippen molar-refractivity contribution in [1.82, 2.24) is 0 Å². The fraction of sp³-hybridized carbons (Fsp3) is 0.636. The Labute approximate surface area is 95.1 Å². The van der Waals surface area contributed by atoms with Crippen molar-refractivity contribution in [2.75, 3.05) is 11.5 Å². The van der Waals surface area contributed by atoms with E-state index in [0.29, 0.717) is 0 Å². The van der Waals surface area contributed by atoms with E-state index in [0.717, 1.165) is 11.7 Å². The van der Waals surface area contributed by atoms with Crippen LogP contribution in [0.4, 0.5) is 0 Å². The first kappa shape index (κ1) is 12.1. The van der Waals surface area contributed by atoms with Crippen LogP contribution >= 0.6 is 23.1 Å². The molecular formula is C11H19NS2. The van der Waals surface area contributed by atoms with Gasteiger partial charge in [0, 0.05) is 16.7 Å². The fourth-order valence-corrected chi connectivity index (χ4v) is 3.34. The number of aryl methyl sites for hydroxylation is 1. The summed E-state index contributed by atoms with van der Waals surface area (Å²) in [6, 6.07) is 2.37. The van der Waals surface area contributed by atoms with Gasteiger partial charge in [0.1, 0.15) is 0 Å². The van der Waals surface area contributed by atoms with Crippen molar-refractivity contribution in [2.45, 2.75) is 26.8 Å². The summed E-state index contributed by atoms with van der Waals surface area (Å²) < 4.78 is 0. The van der Waals surface area contributed by atoms with Crippen molar-refractivity contribution in [2.24, 2.45) is 11.7 Å². The van der Waals surface area contributed by atoms with Gasteiger partial charge in [-0.2, -0.15) is 11.8 Å². The highest BCUT2D eigenvalue weighted by Crippen LogP contribution is 2.25. The van der Waals surface area contributed by atoms with Crippen molar-refractivity contribution in [3.8, 4) is 0 Å². The van der Waals surface area contributed by atoms with Gasteiger partial charge >= 0.3 is 0 Å². The van der Waals surface area contributed by atoms with Crippen molar-refractivity contribution >= 4 is 23.1 Å². The molecule has 14 heavy (non-hydrogen) atoms. The van der Waals surface area contributed by atoms with Crippen molar-refractivity contribution < 1.29 is 0 Å². The molecule has 0 amide bonds. The van der Waals surface area contributed by atoms with Crippen LogP contribution in [0.15, 0.2) is 11.4 Å². The first-order chi connectivity index (χ1) is 6.61. The molecule has 0 spiro atoms. The molecule has 3 heteroatoms. The van der Waals surface area contributed by atoms with E-state index in [1.807, 2.05) is 11.8 Å². The lowest BCUT2D eigenvalue weighted by Gasteiger charge is -2.11. The lowest BCUT2D eigenvalue weighted by Crippen LogP contribution is -2.13. The van der Waals surface area contributed by atoms with Crippen LogP contribution in [0, 0.1) is 12.8 Å². The van der Waals surface area contributed by atoms with Gasteiger partial charge in [0.05, 0.1) is 0 Å². The molecule has 1 aromatic rings. The van der Waals surface area contributed by atoms with E-state index in [4.69, 9.17) is 5.73 Å². The molecule has 80 valence electrons. The van der Waals surface area contributed by atoms with E-state index < -0.39 is 0 Å². The lowest BCUT2D eigenvalue weighted by molar-refractivity contribution is 0.747. The Morgan fingerprint density at radius 2 is 2.14 bits per heavy atom. The quantitative estimate of drug-likeness (QED) is 0.837. The third-order valence-electron chi connectivity index (χ3n) is 1.99. The molecule has 1 atom stereocenters. The summed E-state index contributed by atoms with van der Waals surface area (Å²) in [7, 11) is 0. The summed E-state index contributed by atoms with van der Waals surface area (Å²) in [6.07, 6.45) is 0. The zero-order valence-electron chi connectivity index (χ0n) is 9.12. The third kappa shape index (κ3) is 3.64. The SMILES string of the molecule is Cc1ccsc1C(N)CSCC(C)C. The van der Waals surface area contributed by atoms with Crippen LogP contribution in [0.25, 0.3) is 0 Å². The van der Waals surface area contributed by atoms with E-state index in [1.54, 1.807) is 11.3 Å². The predicted octanol–water partition coefficient (Wildman–Crippen LogP) is 3.45. The molecule has 1 nitrogen and oxygen atoms in total. The number of thiophene rings is 1. The summed E-state index contributed by atoms with van der Waals surface area (Å²) in [4.78, 5) is 1.35. The highest BCUT2D eigenvalue weighted by atomic mass is 32.2. The summed E-state index contributed by atoms with van der Waals surface area (Å²) >= 11 is 3.74. The molecule has 0 fully saturated rings. The van der Waals surface area contributed by atoms with Gasteiger partial charge in [-0.1, -0.05) is 13.8 Å². The molecule has 0 saturated heterocycles. The average Bonchev–Trinajstić information content (AvgIpc) is 2.50. The zero-order chi connectivity index (χ0) is 10.6. The van der Waals surface area contributed by atoms with Gasteiger partial charge in [0.15, 0.2) is 0 Å². The first-order valence-electron chi connectivity index (χ1n) is 4.98. The van der Waals surface area contributed by atoms with Gasteiger partial charge in [-0.3, -0.25) is 0 Å². The summed E-state index contributed by atoms with van der Waals surface area (Å²) in [5, 5.41) is 2.12. The Morgan fingerprint density at radius 3 is 2.64 bits per heavy atom. The maximum absolute atomic E-state index is 6.12. The smallest absolute Gasteiger partial charge is 0.0484 e. The Balaban J connectivity index is 2.36. The van der Waals surface area contributed by atoms with Crippen molar-refractivity contribution in [1.29, 1.82) is 0 Å². The van der Waals surface area contributed by atoms with Gasteiger partial charge < -0.3 is 5.73 Å². The minimum atomic E-state index is 0.221. The van der Waals surface area contributed by atoms with Gasteiger partial charge in [0.25, 0.3) is 0 Å². The number of thioether (sulfide) groups is 1. The molecular weight excluding hydrogens is 210 g/mol. The second kappa shape index (κ2) is 5.79. The zero-order valence-corrected chi connectivity index (χ0v) is 10.8. The minimum absolute atomic E-state index is 0.221. The molecule has 1 aromatic heterocycles. The number of hydrogen-bond donors (Lipinski definition) is 1.